The van der Waals surface area contributed by atoms with Gasteiger partial charge in [0.15, 0.2) is 5.69 Å². The molecular weight excluding hydrogens is 409 g/mol. The summed E-state index contributed by atoms with van der Waals surface area (Å²) in [5, 5.41) is 28.1. The largest absolute Gasteiger partial charge is 0.505 e. The van der Waals surface area contributed by atoms with Crippen LogP contribution in [0.15, 0.2) is 36.5 Å². The van der Waals surface area contributed by atoms with Crippen molar-refractivity contribution in [1.82, 2.24) is 10.3 Å². The summed E-state index contributed by atoms with van der Waals surface area (Å²) in [6, 6.07) is 8.32. The molecule has 0 saturated heterocycles. The molecule has 0 aliphatic rings. The van der Waals surface area contributed by atoms with Crippen molar-refractivity contribution >= 4 is 29.4 Å². The zero-order chi connectivity index (χ0) is 21.5. The summed E-state index contributed by atoms with van der Waals surface area (Å²) in [7, 11) is 0. The monoisotopic (exact) mass is 420 g/mol. The molecule has 1 aromatic heterocycles. The van der Waals surface area contributed by atoms with E-state index in [1.807, 2.05) is 0 Å². The van der Waals surface area contributed by atoms with Crippen LogP contribution in [0.3, 0.4) is 0 Å². The molecule has 0 unspecified atom stereocenters. The average molecular weight is 421 g/mol. The van der Waals surface area contributed by atoms with Crippen molar-refractivity contribution < 1.29 is 42.9 Å². The van der Waals surface area contributed by atoms with Crippen molar-refractivity contribution in [2.75, 3.05) is 6.54 Å². The molecular formula is C16H12ClF3N2O6. The minimum absolute atomic E-state index is 0.234. The van der Waals surface area contributed by atoms with Crippen LogP contribution in [0, 0.1) is 0 Å². The van der Waals surface area contributed by atoms with Crippen LogP contribution in [-0.2, 0) is 9.59 Å². The van der Waals surface area contributed by atoms with Crippen molar-refractivity contribution in [2.24, 2.45) is 0 Å². The topological polar surface area (TPSA) is 137 Å². The summed E-state index contributed by atoms with van der Waals surface area (Å²) in [5.74, 6) is -5.03. The molecule has 2 rings (SSSR count). The van der Waals surface area contributed by atoms with Gasteiger partial charge in [0.1, 0.15) is 12.3 Å². The Morgan fingerprint density at radius 1 is 1.11 bits per heavy atom. The summed E-state index contributed by atoms with van der Waals surface area (Å²) in [6.07, 6.45) is -3.68. The minimum Gasteiger partial charge on any atom is -0.505 e. The Kier molecular flexibility index (Phi) is 7.75. The van der Waals surface area contributed by atoms with E-state index < -0.39 is 30.6 Å². The average Bonchev–Trinajstić information content (AvgIpc) is 2.59. The Bertz CT molecular complexity index is 889. The molecule has 4 N–H and O–H groups in total. The normalized spacial score (nSPS) is 10.4. The Labute approximate surface area is 160 Å². The molecule has 1 heterocycles. The van der Waals surface area contributed by atoms with E-state index in [-0.39, 0.29) is 11.4 Å². The van der Waals surface area contributed by atoms with E-state index in [1.54, 1.807) is 24.3 Å². The molecule has 0 fully saturated rings. The molecule has 0 radical (unpaired) electrons. The maximum atomic E-state index is 11.7. The van der Waals surface area contributed by atoms with Crippen LogP contribution in [0.5, 0.6) is 5.75 Å². The number of amides is 1. The predicted octanol–water partition coefficient (Wildman–Crippen LogP) is 2.56. The maximum absolute atomic E-state index is 11.7. The molecule has 8 nitrogen and oxygen atoms in total. The van der Waals surface area contributed by atoms with Crippen LogP contribution in [0.25, 0.3) is 11.1 Å². The number of alkyl halides is 3. The molecule has 12 heteroatoms. The van der Waals surface area contributed by atoms with E-state index in [4.69, 9.17) is 26.6 Å². The highest BCUT2D eigenvalue weighted by atomic mass is 35.5. The number of hydrogen-bond acceptors (Lipinski definition) is 5. The Morgan fingerprint density at radius 2 is 1.71 bits per heavy atom. The third-order valence-corrected chi connectivity index (χ3v) is 3.12. The number of aromatic hydroxyl groups is 1. The van der Waals surface area contributed by atoms with Gasteiger partial charge in [-0.25, -0.2) is 9.78 Å². The Balaban J connectivity index is 0.000000480. The number of carbonyl (C=O) groups is 3. The third-order valence-electron chi connectivity index (χ3n) is 2.88. The van der Waals surface area contributed by atoms with Crippen molar-refractivity contribution in [3.63, 3.8) is 0 Å². The first-order valence-corrected chi connectivity index (χ1v) is 7.54. The van der Waals surface area contributed by atoms with Gasteiger partial charge in [-0.3, -0.25) is 9.59 Å². The van der Waals surface area contributed by atoms with E-state index in [9.17, 15) is 27.9 Å². The van der Waals surface area contributed by atoms with Crippen molar-refractivity contribution in [2.45, 2.75) is 6.18 Å². The first-order chi connectivity index (χ1) is 12.9. The second kappa shape index (κ2) is 9.55. The second-order valence-corrected chi connectivity index (χ2v) is 5.42. The number of aliphatic carboxylic acids is 2. The molecule has 0 aliphatic carbocycles. The highest BCUT2D eigenvalue weighted by molar-refractivity contribution is 6.30. The first kappa shape index (κ1) is 22.7. The van der Waals surface area contributed by atoms with E-state index in [0.29, 0.717) is 10.6 Å². The van der Waals surface area contributed by atoms with Gasteiger partial charge in [-0.2, -0.15) is 13.2 Å². The summed E-state index contributed by atoms with van der Waals surface area (Å²) in [5.41, 5.74) is 1.09. The van der Waals surface area contributed by atoms with E-state index >= 15 is 0 Å². The molecule has 1 amide bonds. The fourth-order valence-corrected chi connectivity index (χ4v) is 1.88. The SMILES string of the molecule is O=C(O)C(F)(F)F.O=C(O)CNC(=O)c1ncc(-c2cccc(Cl)c2)cc1O. The van der Waals surface area contributed by atoms with Gasteiger partial charge in [-0.05, 0) is 23.8 Å². The van der Waals surface area contributed by atoms with Gasteiger partial charge in [0.2, 0.25) is 0 Å². The number of carbonyl (C=O) groups excluding carboxylic acids is 1. The van der Waals surface area contributed by atoms with Crippen LogP contribution < -0.4 is 5.32 Å². The van der Waals surface area contributed by atoms with Crippen molar-refractivity contribution in [1.29, 1.82) is 0 Å². The van der Waals surface area contributed by atoms with Gasteiger partial charge < -0.3 is 20.6 Å². The van der Waals surface area contributed by atoms with E-state index in [0.717, 1.165) is 5.56 Å². The van der Waals surface area contributed by atoms with Crippen LogP contribution in [0.2, 0.25) is 5.02 Å². The van der Waals surface area contributed by atoms with Gasteiger partial charge in [0, 0.05) is 16.8 Å². The van der Waals surface area contributed by atoms with Gasteiger partial charge in [-0.15, -0.1) is 0 Å². The number of pyridine rings is 1. The molecule has 0 aliphatic heterocycles. The highest BCUT2D eigenvalue weighted by Gasteiger charge is 2.38. The fourth-order valence-electron chi connectivity index (χ4n) is 1.69. The molecule has 0 spiro atoms. The number of carboxylic acids is 2. The first-order valence-electron chi connectivity index (χ1n) is 7.17. The third kappa shape index (κ3) is 7.11. The highest BCUT2D eigenvalue weighted by Crippen LogP contribution is 2.26. The number of nitrogens with one attached hydrogen (secondary N) is 1. The summed E-state index contributed by atoms with van der Waals surface area (Å²) >= 11 is 5.88. The van der Waals surface area contributed by atoms with Crippen LogP contribution in [0.1, 0.15) is 10.5 Å². The number of carboxylic acid groups (broad SMARTS) is 2. The molecule has 0 atom stereocenters. The number of aromatic nitrogens is 1. The van der Waals surface area contributed by atoms with Crippen LogP contribution >= 0.6 is 11.6 Å². The zero-order valence-corrected chi connectivity index (χ0v) is 14.5. The summed E-state index contributed by atoms with van der Waals surface area (Å²) in [6.45, 7) is -0.546. The summed E-state index contributed by atoms with van der Waals surface area (Å²) < 4.78 is 31.7. The predicted molar refractivity (Wildman–Crippen MR) is 90.0 cm³/mol. The minimum atomic E-state index is -5.08. The second-order valence-electron chi connectivity index (χ2n) is 4.98. The zero-order valence-electron chi connectivity index (χ0n) is 13.7. The van der Waals surface area contributed by atoms with E-state index in [1.165, 1.54) is 12.3 Å². The van der Waals surface area contributed by atoms with E-state index in [2.05, 4.69) is 10.3 Å². The molecule has 28 heavy (non-hydrogen) atoms. The fraction of sp³-hybridized carbons (Fsp3) is 0.125. The maximum Gasteiger partial charge on any atom is 0.490 e. The Hall–Kier alpha value is -3.34. The lowest BCUT2D eigenvalue weighted by Gasteiger charge is -2.07. The summed E-state index contributed by atoms with van der Waals surface area (Å²) in [4.78, 5) is 34.8. The molecule has 0 saturated carbocycles. The van der Waals surface area contributed by atoms with Crippen LogP contribution in [0.4, 0.5) is 13.2 Å². The quantitative estimate of drug-likeness (QED) is 0.596. The van der Waals surface area contributed by atoms with Gasteiger partial charge in [0.05, 0.1) is 0 Å². The van der Waals surface area contributed by atoms with Gasteiger partial charge in [0.25, 0.3) is 5.91 Å². The lowest BCUT2D eigenvalue weighted by molar-refractivity contribution is -0.192. The number of hydrogen-bond donors (Lipinski definition) is 4. The number of rotatable bonds is 4. The Morgan fingerprint density at radius 3 is 2.18 bits per heavy atom. The molecule has 150 valence electrons. The standard InChI is InChI=1S/C14H11ClN2O4.C2HF3O2/c15-10-3-1-2-8(4-10)9-5-11(18)13(16-6-9)14(21)17-7-12(19)20;3-2(4,5)1(6)7/h1-6,18H,7H2,(H,17,21)(H,19,20);(H,6,7). The molecule has 1 aromatic carbocycles. The molecule has 0 bridgehead atoms. The number of benzene rings is 1. The smallest absolute Gasteiger partial charge is 0.490 e. The molecule has 2 aromatic rings. The number of nitrogens with zero attached hydrogens (tertiary/aromatic N) is 1. The van der Waals surface area contributed by atoms with Crippen molar-refractivity contribution in [3.05, 3.63) is 47.2 Å². The van der Waals surface area contributed by atoms with Gasteiger partial charge >= 0.3 is 18.1 Å². The number of halogens is 4. The van der Waals surface area contributed by atoms with Crippen LogP contribution in [-0.4, -0.2) is 50.9 Å². The van der Waals surface area contributed by atoms with Crippen molar-refractivity contribution in [3.8, 4) is 16.9 Å². The van der Waals surface area contributed by atoms with Gasteiger partial charge in [-0.1, -0.05) is 23.7 Å². The lowest BCUT2D eigenvalue weighted by Crippen LogP contribution is -2.29. The lowest BCUT2D eigenvalue weighted by atomic mass is 10.1.